The van der Waals surface area contributed by atoms with Crippen LogP contribution in [0, 0.1) is 0 Å². The zero-order valence-electron chi connectivity index (χ0n) is 48.6. The van der Waals surface area contributed by atoms with Gasteiger partial charge in [0, 0.05) is 77.0 Å². The number of nitrogens with zero attached hydrogens (tertiary/aromatic N) is 4. The van der Waals surface area contributed by atoms with Crippen LogP contribution in [0.1, 0.15) is 182 Å². The Morgan fingerprint density at radius 1 is 0.395 bits per heavy atom. The Balaban J connectivity index is 2.64. The van der Waals surface area contributed by atoms with Gasteiger partial charge in [0.2, 0.25) is 10.2 Å². The Kier molecular flexibility index (Phi) is 50.2. The summed E-state index contributed by atoms with van der Waals surface area (Å²) in [6, 6.07) is 0. The molecule has 10 nitrogen and oxygen atoms in total. The Morgan fingerprint density at radius 3 is 0.895 bits per heavy atom. The predicted molar refractivity (Wildman–Crippen MR) is 331 cm³/mol. The summed E-state index contributed by atoms with van der Waals surface area (Å²) in [4.78, 5) is 35.0. The Labute approximate surface area is 474 Å². The Hall–Kier alpha value is -2.36. The third-order valence-corrected chi connectivity index (χ3v) is 15.0. The van der Waals surface area contributed by atoms with E-state index in [1.807, 2.05) is 24.3 Å². The maximum Gasteiger partial charge on any atom is 0.202 e. The van der Waals surface area contributed by atoms with Crippen molar-refractivity contribution >= 4 is 33.8 Å². The average molecular weight is 1100 g/mol. The van der Waals surface area contributed by atoms with E-state index in [-0.39, 0.29) is 10.2 Å². The van der Waals surface area contributed by atoms with Crippen molar-refractivity contribution in [3.63, 3.8) is 0 Å². The first-order chi connectivity index (χ1) is 37.1. The number of allylic oxidation sites excluding steroid dienone is 12. The molecule has 0 aromatic carbocycles. The molecule has 436 valence electrons. The summed E-state index contributed by atoms with van der Waals surface area (Å²) >= 11 is 2.64. The number of aliphatic hydroxyl groups excluding tert-OH is 4. The molecule has 1 heterocycles. The molecule has 0 aromatic heterocycles. The molecule has 1 rings (SSSR count). The standard InChI is InChI=1S/C64H112N4O6S2/c1-5-9-13-17-21-25-29-33-37-41-59(69)53-67(54-60(70)42-38-34-30-26-22-18-14-10-6-2)49-51-75-63(73)57-65-45-47-66(48-46-65)58-64(74)76-52-50-68(55-61(71)43-39-35-31-27-23-19-15-11-7-3)56-62(72)44-40-36-32-28-24-20-16-12-8-4/h21-28,33-40,59-62,69-72H,5-20,29-32,41-58H2,1-4H3/b25-21-,26-22-,27-23-,28-24-,37-33-,38-34-,39-35-,40-36-. The average Bonchev–Trinajstić information content (AvgIpc) is 3.39. The second-order valence-corrected chi connectivity index (χ2v) is 23.1. The minimum Gasteiger partial charge on any atom is -0.391 e. The van der Waals surface area contributed by atoms with E-state index in [1.165, 1.54) is 101 Å². The van der Waals surface area contributed by atoms with Gasteiger partial charge >= 0.3 is 0 Å². The number of carbonyl (C=O) groups is 2. The topological polar surface area (TPSA) is 128 Å². The van der Waals surface area contributed by atoms with Crippen LogP contribution in [-0.2, 0) is 9.59 Å². The van der Waals surface area contributed by atoms with Crippen LogP contribution in [0.2, 0.25) is 0 Å². The summed E-state index contributed by atoms with van der Waals surface area (Å²) in [5.74, 6) is 1.16. The van der Waals surface area contributed by atoms with E-state index in [0.29, 0.717) is 89.5 Å². The maximum atomic E-state index is 13.2. The van der Waals surface area contributed by atoms with E-state index in [0.717, 1.165) is 77.5 Å². The molecule has 0 aromatic rings. The van der Waals surface area contributed by atoms with Crippen LogP contribution in [0.25, 0.3) is 0 Å². The smallest absolute Gasteiger partial charge is 0.202 e. The number of carbonyl (C=O) groups excluding carboxylic acids is 2. The monoisotopic (exact) mass is 1100 g/mol. The van der Waals surface area contributed by atoms with Crippen molar-refractivity contribution in [3.05, 3.63) is 97.2 Å². The largest absolute Gasteiger partial charge is 0.391 e. The summed E-state index contributed by atoms with van der Waals surface area (Å²) in [6.07, 6.45) is 57.0. The number of thioether (sulfide) groups is 2. The van der Waals surface area contributed by atoms with Crippen LogP contribution in [-0.4, -0.2) is 165 Å². The van der Waals surface area contributed by atoms with Gasteiger partial charge in [0.1, 0.15) is 0 Å². The van der Waals surface area contributed by atoms with Crippen molar-refractivity contribution in [2.75, 3.05) is 90.0 Å². The molecule has 0 spiro atoms. The highest BCUT2D eigenvalue weighted by Gasteiger charge is 2.22. The summed E-state index contributed by atoms with van der Waals surface area (Å²) < 4.78 is 0. The Morgan fingerprint density at radius 2 is 0.645 bits per heavy atom. The van der Waals surface area contributed by atoms with Gasteiger partial charge in [0.25, 0.3) is 0 Å². The highest BCUT2D eigenvalue weighted by molar-refractivity contribution is 8.14. The molecule has 12 heteroatoms. The molecule has 4 unspecified atom stereocenters. The highest BCUT2D eigenvalue weighted by Crippen LogP contribution is 2.14. The van der Waals surface area contributed by atoms with Crippen molar-refractivity contribution in [2.24, 2.45) is 0 Å². The van der Waals surface area contributed by atoms with Gasteiger partial charge in [0.05, 0.1) is 37.5 Å². The van der Waals surface area contributed by atoms with Gasteiger partial charge in [-0.25, -0.2) is 0 Å². The van der Waals surface area contributed by atoms with Crippen LogP contribution in [0.5, 0.6) is 0 Å². The quantitative estimate of drug-likeness (QED) is 0.0342. The summed E-state index contributed by atoms with van der Waals surface area (Å²) in [5.41, 5.74) is 0. The van der Waals surface area contributed by atoms with E-state index in [4.69, 9.17) is 0 Å². The fraction of sp³-hybridized carbons (Fsp3) is 0.719. The fourth-order valence-electron chi connectivity index (χ4n) is 8.76. The van der Waals surface area contributed by atoms with Crippen molar-refractivity contribution in [1.29, 1.82) is 0 Å². The van der Waals surface area contributed by atoms with E-state index >= 15 is 0 Å². The van der Waals surface area contributed by atoms with Crippen molar-refractivity contribution in [1.82, 2.24) is 19.6 Å². The predicted octanol–water partition coefficient (Wildman–Crippen LogP) is 13.1. The molecular weight excluding hydrogens is 985 g/mol. The molecule has 1 saturated heterocycles. The zero-order valence-corrected chi connectivity index (χ0v) is 50.3. The second kappa shape index (κ2) is 53.3. The number of hydrogen-bond acceptors (Lipinski definition) is 12. The van der Waals surface area contributed by atoms with E-state index in [2.05, 4.69) is 120 Å². The minimum atomic E-state index is -0.564. The molecular formula is C64H112N4O6S2. The number of unbranched alkanes of at least 4 members (excludes halogenated alkanes) is 12. The SMILES string of the molecule is CCCCC/C=C\C/C=C\CC(O)CN(CCSC(=O)CN1CCN(CC(=O)SCCN(CC(O)C/C=C\C/C=C\CCCCC)CC(O)C/C=C\C/C=C\CCCCC)CC1)CC(O)C/C=C\C/C=C\CCCCC. The lowest BCUT2D eigenvalue weighted by Crippen LogP contribution is -2.48. The van der Waals surface area contributed by atoms with Crippen molar-refractivity contribution in [3.8, 4) is 0 Å². The van der Waals surface area contributed by atoms with Gasteiger partial charge in [-0.05, 0) is 103 Å². The lowest BCUT2D eigenvalue weighted by Gasteiger charge is -2.33. The van der Waals surface area contributed by atoms with Gasteiger partial charge in [-0.15, -0.1) is 0 Å². The molecule has 4 atom stereocenters. The van der Waals surface area contributed by atoms with Gasteiger partial charge in [-0.2, -0.15) is 0 Å². The summed E-state index contributed by atoms with van der Waals surface area (Å²) in [7, 11) is 0. The third-order valence-electron chi connectivity index (χ3n) is 13.3. The van der Waals surface area contributed by atoms with E-state index in [1.54, 1.807) is 0 Å². The maximum absolute atomic E-state index is 13.2. The van der Waals surface area contributed by atoms with Crippen LogP contribution in [0.15, 0.2) is 97.2 Å². The minimum absolute atomic E-state index is 0.111. The zero-order chi connectivity index (χ0) is 55.4. The lowest BCUT2D eigenvalue weighted by atomic mass is 10.1. The van der Waals surface area contributed by atoms with Crippen molar-refractivity contribution < 1.29 is 30.0 Å². The summed E-state index contributed by atoms with van der Waals surface area (Å²) in [5, 5.41) is 44.2. The number of aliphatic hydroxyl groups is 4. The molecule has 0 amide bonds. The molecule has 0 bridgehead atoms. The summed E-state index contributed by atoms with van der Waals surface area (Å²) in [6.45, 7) is 15.4. The first kappa shape index (κ1) is 71.7. The molecule has 0 radical (unpaired) electrons. The second-order valence-electron chi connectivity index (χ2n) is 20.8. The van der Waals surface area contributed by atoms with Gasteiger partial charge in [-0.3, -0.25) is 29.2 Å². The first-order valence-corrected chi connectivity index (χ1v) is 32.2. The van der Waals surface area contributed by atoms with Crippen LogP contribution in [0.4, 0.5) is 0 Å². The number of piperazine rings is 1. The van der Waals surface area contributed by atoms with Gasteiger partial charge in [-0.1, -0.05) is 200 Å². The van der Waals surface area contributed by atoms with Crippen molar-refractivity contribution in [2.45, 2.75) is 206 Å². The van der Waals surface area contributed by atoms with E-state index in [9.17, 15) is 30.0 Å². The normalized spacial score (nSPS) is 16.1. The molecule has 1 fully saturated rings. The third kappa shape index (κ3) is 46.5. The molecule has 1 aliphatic rings. The van der Waals surface area contributed by atoms with Gasteiger partial charge < -0.3 is 20.4 Å². The lowest BCUT2D eigenvalue weighted by molar-refractivity contribution is -0.114. The van der Waals surface area contributed by atoms with Crippen LogP contribution < -0.4 is 0 Å². The van der Waals surface area contributed by atoms with Crippen LogP contribution >= 0.6 is 23.5 Å². The highest BCUT2D eigenvalue weighted by atomic mass is 32.2. The van der Waals surface area contributed by atoms with Gasteiger partial charge in [0.15, 0.2) is 0 Å². The number of hydrogen-bond donors (Lipinski definition) is 4. The molecule has 0 saturated carbocycles. The number of rotatable bonds is 50. The molecule has 0 aliphatic carbocycles. The first-order valence-electron chi connectivity index (χ1n) is 30.2. The fourth-order valence-corrected chi connectivity index (χ4v) is 10.5. The Bertz CT molecular complexity index is 1410. The van der Waals surface area contributed by atoms with E-state index < -0.39 is 24.4 Å². The molecule has 4 N–H and O–H groups in total. The molecule has 1 aliphatic heterocycles. The van der Waals surface area contributed by atoms with Crippen LogP contribution in [0.3, 0.4) is 0 Å². The molecule has 76 heavy (non-hydrogen) atoms.